The maximum Gasteiger partial charge on any atom is 0.416 e. The van der Waals surface area contributed by atoms with E-state index in [0.29, 0.717) is 10.8 Å². The van der Waals surface area contributed by atoms with Crippen LogP contribution in [0.3, 0.4) is 0 Å². The third-order valence-corrected chi connectivity index (χ3v) is 5.00. The number of nitrogens with one attached hydrogen (secondary N) is 1. The molecule has 2 aromatic heterocycles. The van der Waals surface area contributed by atoms with E-state index in [9.17, 15) is 18.0 Å². The third-order valence-electron chi connectivity index (χ3n) is 4.10. The van der Waals surface area contributed by atoms with Crippen molar-refractivity contribution in [1.29, 1.82) is 0 Å². The number of anilines is 1. The number of hydrogen-bond donors (Lipinski definition) is 1. The zero-order chi connectivity index (χ0) is 20.3. The molecule has 148 valence electrons. The van der Waals surface area contributed by atoms with Gasteiger partial charge in [0.2, 0.25) is 5.13 Å². The van der Waals surface area contributed by atoms with Gasteiger partial charge in [0.25, 0.3) is 5.91 Å². The molecule has 1 amide bonds. The predicted molar refractivity (Wildman–Crippen MR) is 99.8 cm³/mol. The molecular formula is C18H18F3N5OS. The molecule has 0 bridgehead atoms. The van der Waals surface area contributed by atoms with Crippen LogP contribution in [-0.2, 0) is 12.6 Å². The first-order valence-electron chi connectivity index (χ1n) is 8.65. The molecule has 2 heterocycles. The Hall–Kier alpha value is -2.75. The van der Waals surface area contributed by atoms with Crippen LogP contribution in [0.1, 0.15) is 46.4 Å². The molecule has 3 aromatic rings. The standard InChI is InChI=1S/C18H18F3N5OS/c1-3-4-8-15-24-25-17(28-15)23-16(27)14-10-22-26(11(14)2)13-7-5-6-12(9-13)18(19,20)21/h5-7,9-10H,3-4,8H2,1-2H3,(H,23,25,27). The highest BCUT2D eigenvalue weighted by Crippen LogP contribution is 2.30. The highest BCUT2D eigenvalue weighted by molar-refractivity contribution is 7.15. The molecule has 0 atom stereocenters. The summed E-state index contributed by atoms with van der Waals surface area (Å²) in [6.45, 7) is 3.70. The van der Waals surface area contributed by atoms with Gasteiger partial charge < -0.3 is 0 Å². The van der Waals surface area contributed by atoms with Gasteiger partial charge in [-0.1, -0.05) is 30.7 Å². The van der Waals surface area contributed by atoms with Crippen molar-refractivity contribution in [3.05, 3.63) is 52.3 Å². The molecule has 0 saturated carbocycles. The lowest BCUT2D eigenvalue weighted by Gasteiger charge is -2.10. The minimum absolute atomic E-state index is 0.226. The largest absolute Gasteiger partial charge is 0.416 e. The smallest absolute Gasteiger partial charge is 0.296 e. The SMILES string of the molecule is CCCCc1nnc(NC(=O)c2cnn(-c3cccc(C(F)(F)F)c3)c2C)s1. The molecule has 10 heteroatoms. The second kappa shape index (κ2) is 8.09. The minimum Gasteiger partial charge on any atom is -0.296 e. The average molecular weight is 409 g/mol. The lowest BCUT2D eigenvalue weighted by molar-refractivity contribution is -0.137. The van der Waals surface area contributed by atoms with E-state index in [-0.39, 0.29) is 11.3 Å². The Kier molecular flexibility index (Phi) is 5.78. The highest BCUT2D eigenvalue weighted by Gasteiger charge is 2.30. The first kappa shape index (κ1) is 20.0. The first-order valence-corrected chi connectivity index (χ1v) is 9.47. The number of benzene rings is 1. The van der Waals surface area contributed by atoms with Crippen LogP contribution in [0.2, 0.25) is 0 Å². The van der Waals surface area contributed by atoms with Crippen molar-refractivity contribution in [2.45, 2.75) is 39.3 Å². The molecule has 0 aliphatic rings. The number of amides is 1. The van der Waals surface area contributed by atoms with Gasteiger partial charge in [0.05, 0.1) is 28.7 Å². The van der Waals surface area contributed by atoms with Gasteiger partial charge in [-0.3, -0.25) is 10.1 Å². The number of rotatable bonds is 6. The molecule has 0 spiro atoms. The Balaban J connectivity index is 1.79. The lowest BCUT2D eigenvalue weighted by atomic mass is 10.2. The van der Waals surface area contributed by atoms with Crippen LogP contribution >= 0.6 is 11.3 Å². The van der Waals surface area contributed by atoms with E-state index in [1.54, 1.807) is 6.92 Å². The van der Waals surface area contributed by atoms with Gasteiger partial charge >= 0.3 is 6.18 Å². The van der Waals surface area contributed by atoms with Crippen molar-refractivity contribution in [2.75, 3.05) is 5.32 Å². The van der Waals surface area contributed by atoms with E-state index in [1.807, 2.05) is 0 Å². The van der Waals surface area contributed by atoms with Crippen molar-refractivity contribution in [3.8, 4) is 5.69 Å². The fourth-order valence-electron chi connectivity index (χ4n) is 2.60. The molecule has 0 aliphatic carbocycles. The average Bonchev–Trinajstić information content (AvgIpc) is 3.25. The molecule has 0 saturated heterocycles. The van der Waals surface area contributed by atoms with Crippen LogP contribution in [0.5, 0.6) is 0 Å². The number of nitrogens with zero attached hydrogens (tertiary/aromatic N) is 4. The number of hydrogen-bond acceptors (Lipinski definition) is 5. The minimum atomic E-state index is -4.45. The Labute approximate surface area is 163 Å². The van der Waals surface area contributed by atoms with Crippen molar-refractivity contribution in [2.24, 2.45) is 0 Å². The Morgan fingerprint density at radius 1 is 1.29 bits per heavy atom. The normalized spacial score (nSPS) is 11.6. The van der Waals surface area contributed by atoms with Crippen LogP contribution in [0.25, 0.3) is 5.69 Å². The third kappa shape index (κ3) is 4.38. The van der Waals surface area contributed by atoms with Crippen LogP contribution in [0.4, 0.5) is 18.3 Å². The van der Waals surface area contributed by atoms with Crippen LogP contribution in [-0.4, -0.2) is 25.9 Å². The summed E-state index contributed by atoms with van der Waals surface area (Å²) in [5.41, 5.74) is 0.124. The van der Waals surface area contributed by atoms with Gasteiger partial charge in [-0.25, -0.2) is 4.68 Å². The van der Waals surface area contributed by atoms with E-state index < -0.39 is 17.6 Å². The van der Waals surface area contributed by atoms with Gasteiger partial charge in [-0.05, 0) is 31.5 Å². The molecule has 0 aliphatic heterocycles. The summed E-state index contributed by atoms with van der Waals surface area (Å²) < 4.78 is 40.1. The van der Waals surface area contributed by atoms with Crippen molar-refractivity contribution < 1.29 is 18.0 Å². The molecule has 6 nitrogen and oxygen atoms in total. The number of carbonyl (C=O) groups is 1. The van der Waals surface area contributed by atoms with Gasteiger partial charge in [0.15, 0.2) is 0 Å². The number of halogens is 3. The Morgan fingerprint density at radius 2 is 2.07 bits per heavy atom. The molecule has 0 fully saturated rings. The fraction of sp³-hybridized carbons (Fsp3) is 0.333. The predicted octanol–water partition coefficient (Wildman–Crippen LogP) is 4.65. The summed E-state index contributed by atoms with van der Waals surface area (Å²) in [5.74, 6) is -0.436. The number of unbranched alkanes of at least 4 members (excludes halogenated alkanes) is 1. The second-order valence-corrected chi connectivity index (χ2v) is 7.22. The monoisotopic (exact) mass is 409 g/mol. The van der Waals surface area contributed by atoms with E-state index in [4.69, 9.17) is 0 Å². The van der Waals surface area contributed by atoms with Gasteiger partial charge in [-0.15, -0.1) is 10.2 Å². The zero-order valence-electron chi connectivity index (χ0n) is 15.2. The summed E-state index contributed by atoms with van der Waals surface area (Å²) in [4.78, 5) is 12.5. The first-order chi connectivity index (χ1) is 13.3. The summed E-state index contributed by atoms with van der Waals surface area (Å²) in [6.07, 6.45) is -0.300. The summed E-state index contributed by atoms with van der Waals surface area (Å²) in [6, 6.07) is 4.79. The molecule has 28 heavy (non-hydrogen) atoms. The molecule has 0 radical (unpaired) electrons. The Morgan fingerprint density at radius 3 is 2.79 bits per heavy atom. The highest BCUT2D eigenvalue weighted by atomic mass is 32.1. The fourth-order valence-corrected chi connectivity index (χ4v) is 3.38. The number of carbonyl (C=O) groups excluding carboxylic acids is 1. The topological polar surface area (TPSA) is 72.7 Å². The van der Waals surface area contributed by atoms with Gasteiger partial charge in [0, 0.05) is 6.42 Å². The zero-order valence-corrected chi connectivity index (χ0v) is 16.1. The number of alkyl halides is 3. The number of aryl methyl sites for hydroxylation is 1. The van der Waals surface area contributed by atoms with Crippen molar-refractivity contribution in [1.82, 2.24) is 20.0 Å². The number of aromatic nitrogens is 4. The van der Waals surface area contributed by atoms with E-state index in [2.05, 4.69) is 27.5 Å². The maximum absolute atomic E-state index is 12.9. The van der Waals surface area contributed by atoms with E-state index >= 15 is 0 Å². The summed E-state index contributed by atoms with van der Waals surface area (Å²) in [7, 11) is 0. The van der Waals surface area contributed by atoms with Crippen molar-refractivity contribution >= 4 is 22.4 Å². The van der Waals surface area contributed by atoms with Crippen LogP contribution in [0.15, 0.2) is 30.5 Å². The molecule has 0 unspecified atom stereocenters. The molecule has 3 rings (SSSR count). The van der Waals surface area contributed by atoms with Crippen LogP contribution in [0, 0.1) is 6.92 Å². The Bertz CT molecular complexity index is 980. The molecule has 1 aromatic carbocycles. The quantitative estimate of drug-likeness (QED) is 0.643. The summed E-state index contributed by atoms with van der Waals surface area (Å²) in [5, 5.41) is 15.9. The molecule has 1 N–H and O–H groups in total. The second-order valence-electron chi connectivity index (χ2n) is 6.16. The molecular weight excluding hydrogens is 391 g/mol. The van der Waals surface area contributed by atoms with Gasteiger partial charge in [0.1, 0.15) is 5.01 Å². The van der Waals surface area contributed by atoms with E-state index in [1.165, 1.54) is 34.3 Å². The van der Waals surface area contributed by atoms with E-state index in [0.717, 1.165) is 36.4 Å². The van der Waals surface area contributed by atoms with Crippen LogP contribution < -0.4 is 5.32 Å². The van der Waals surface area contributed by atoms with Crippen molar-refractivity contribution in [3.63, 3.8) is 0 Å². The maximum atomic E-state index is 12.9. The van der Waals surface area contributed by atoms with Gasteiger partial charge in [-0.2, -0.15) is 18.3 Å². The summed E-state index contributed by atoms with van der Waals surface area (Å²) >= 11 is 1.30. The lowest BCUT2D eigenvalue weighted by Crippen LogP contribution is -2.13.